The number of rotatable bonds is 9. The van der Waals surface area contributed by atoms with Gasteiger partial charge in [-0.1, -0.05) is 133 Å². The third-order valence-corrected chi connectivity index (χ3v) is 7.49. The van der Waals surface area contributed by atoms with Crippen LogP contribution < -0.4 is 4.90 Å². The standard InChI is InChI=1S/C42H33NO2/c44-40-27-19-34(20-28-40)13-11-32-15-23-38(24-16-32)43(31-42(36-7-3-1-4-8-36)37-9-5-2-6-10-37)39-25-17-33(18-26-39)12-14-35-21-29-41(45)30-22-35/h1-31,44-45H. The summed E-state index contributed by atoms with van der Waals surface area (Å²) in [5.41, 5.74) is 9.67. The summed E-state index contributed by atoms with van der Waals surface area (Å²) in [4.78, 5) is 2.23. The van der Waals surface area contributed by atoms with Crippen molar-refractivity contribution in [1.29, 1.82) is 0 Å². The summed E-state index contributed by atoms with van der Waals surface area (Å²) in [6.45, 7) is 0. The number of hydrogen-bond donors (Lipinski definition) is 2. The first-order chi connectivity index (χ1) is 22.1. The number of phenolic OH excluding ortho intramolecular Hbond substituents is 2. The Morgan fingerprint density at radius 1 is 0.378 bits per heavy atom. The molecule has 0 aliphatic rings. The molecule has 3 nitrogen and oxygen atoms in total. The number of hydrogen-bond acceptors (Lipinski definition) is 3. The van der Waals surface area contributed by atoms with Crippen LogP contribution >= 0.6 is 0 Å². The third kappa shape index (κ3) is 7.67. The Morgan fingerprint density at radius 3 is 1.02 bits per heavy atom. The van der Waals surface area contributed by atoms with Gasteiger partial charge in [0.05, 0.1) is 0 Å². The molecule has 0 aromatic heterocycles. The molecule has 0 spiro atoms. The second kappa shape index (κ2) is 13.9. The molecule has 0 bridgehead atoms. The van der Waals surface area contributed by atoms with Gasteiger partial charge in [0.25, 0.3) is 0 Å². The van der Waals surface area contributed by atoms with E-state index >= 15 is 0 Å². The number of phenols is 2. The zero-order chi connectivity index (χ0) is 30.8. The molecular weight excluding hydrogens is 550 g/mol. The number of aromatic hydroxyl groups is 2. The average Bonchev–Trinajstić information content (AvgIpc) is 3.10. The van der Waals surface area contributed by atoms with Crippen LogP contribution in [0.25, 0.3) is 29.9 Å². The van der Waals surface area contributed by atoms with E-state index in [0.29, 0.717) is 0 Å². The summed E-state index contributed by atoms with van der Waals surface area (Å²) in [5, 5.41) is 19.2. The zero-order valence-electron chi connectivity index (χ0n) is 24.7. The van der Waals surface area contributed by atoms with Crippen molar-refractivity contribution >= 4 is 41.3 Å². The first kappa shape index (κ1) is 29.0. The van der Waals surface area contributed by atoms with Crippen LogP contribution in [0.5, 0.6) is 11.5 Å². The van der Waals surface area contributed by atoms with Gasteiger partial charge < -0.3 is 15.1 Å². The highest BCUT2D eigenvalue weighted by molar-refractivity contribution is 5.84. The highest BCUT2D eigenvalue weighted by Crippen LogP contribution is 2.32. The minimum absolute atomic E-state index is 0.261. The van der Waals surface area contributed by atoms with Crippen LogP contribution in [0.2, 0.25) is 0 Å². The van der Waals surface area contributed by atoms with Crippen molar-refractivity contribution in [2.75, 3.05) is 4.90 Å². The fraction of sp³-hybridized carbons (Fsp3) is 0. The fourth-order valence-corrected chi connectivity index (χ4v) is 5.03. The monoisotopic (exact) mass is 583 g/mol. The van der Waals surface area contributed by atoms with E-state index in [2.05, 4.69) is 120 Å². The molecule has 0 radical (unpaired) electrons. The molecule has 0 unspecified atom stereocenters. The Hall–Kier alpha value is -6.06. The van der Waals surface area contributed by atoms with Crippen molar-refractivity contribution in [1.82, 2.24) is 0 Å². The lowest BCUT2D eigenvalue weighted by molar-refractivity contribution is 0.474. The molecule has 0 aliphatic heterocycles. The van der Waals surface area contributed by atoms with E-state index in [0.717, 1.165) is 50.3 Å². The van der Waals surface area contributed by atoms with Crippen LogP contribution in [0.3, 0.4) is 0 Å². The summed E-state index contributed by atoms with van der Waals surface area (Å²) in [5.74, 6) is 0.521. The Labute approximate surface area is 264 Å². The highest BCUT2D eigenvalue weighted by atomic mass is 16.3. The quantitative estimate of drug-likeness (QED) is 0.166. The van der Waals surface area contributed by atoms with E-state index in [4.69, 9.17) is 0 Å². The summed E-state index contributed by atoms with van der Waals surface area (Å²) in [6, 6.07) is 52.3. The Kier molecular flexibility index (Phi) is 8.99. The molecule has 45 heavy (non-hydrogen) atoms. The lowest BCUT2D eigenvalue weighted by atomic mass is 9.98. The molecular formula is C42H33NO2. The maximum atomic E-state index is 9.58. The topological polar surface area (TPSA) is 43.7 Å². The van der Waals surface area contributed by atoms with E-state index in [1.807, 2.05) is 48.6 Å². The molecule has 0 heterocycles. The maximum absolute atomic E-state index is 9.58. The Bertz CT molecular complexity index is 1760. The van der Waals surface area contributed by atoms with Gasteiger partial charge in [0.2, 0.25) is 0 Å². The van der Waals surface area contributed by atoms with E-state index in [1.165, 1.54) is 0 Å². The summed E-state index contributed by atoms with van der Waals surface area (Å²) in [6.07, 6.45) is 10.4. The normalized spacial score (nSPS) is 11.1. The largest absolute Gasteiger partial charge is 0.508 e. The molecule has 0 aliphatic carbocycles. The lowest BCUT2D eigenvalue weighted by Gasteiger charge is -2.24. The van der Waals surface area contributed by atoms with Crippen molar-refractivity contribution < 1.29 is 10.2 Å². The van der Waals surface area contributed by atoms with Gasteiger partial charge in [-0.15, -0.1) is 0 Å². The molecule has 0 saturated heterocycles. The molecule has 0 fully saturated rings. The van der Waals surface area contributed by atoms with Crippen LogP contribution in [-0.4, -0.2) is 10.2 Å². The second-order valence-corrected chi connectivity index (χ2v) is 10.7. The van der Waals surface area contributed by atoms with Crippen molar-refractivity contribution in [2.45, 2.75) is 0 Å². The molecule has 218 valence electrons. The van der Waals surface area contributed by atoms with E-state index in [-0.39, 0.29) is 11.5 Å². The van der Waals surface area contributed by atoms with Gasteiger partial charge in [-0.2, -0.15) is 0 Å². The molecule has 3 heteroatoms. The highest BCUT2D eigenvalue weighted by Gasteiger charge is 2.12. The number of anilines is 2. The molecule has 2 N–H and O–H groups in total. The van der Waals surface area contributed by atoms with Gasteiger partial charge in [-0.3, -0.25) is 0 Å². The van der Waals surface area contributed by atoms with Gasteiger partial charge in [-0.05, 0) is 81.9 Å². The van der Waals surface area contributed by atoms with Gasteiger partial charge in [0, 0.05) is 23.1 Å². The first-order valence-electron chi connectivity index (χ1n) is 14.9. The number of benzene rings is 6. The predicted molar refractivity (Wildman–Crippen MR) is 189 cm³/mol. The van der Waals surface area contributed by atoms with Crippen LogP contribution in [0.4, 0.5) is 11.4 Å². The summed E-state index contributed by atoms with van der Waals surface area (Å²) >= 11 is 0. The smallest absolute Gasteiger partial charge is 0.115 e. The Balaban J connectivity index is 1.36. The second-order valence-electron chi connectivity index (χ2n) is 10.7. The van der Waals surface area contributed by atoms with Gasteiger partial charge in [0.1, 0.15) is 11.5 Å². The van der Waals surface area contributed by atoms with Crippen LogP contribution in [0.15, 0.2) is 164 Å². The van der Waals surface area contributed by atoms with Crippen molar-refractivity contribution in [2.24, 2.45) is 0 Å². The van der Waals surface area contributed by atoms with Crippen molar-refractivity contribution in [3.63, 3.8) is 0 Å². The molecule has 6 rings (SSSR count). The average molecular weight is 584 g/mol. The van der Waals surface area contributed by atoms with Gasteiger partial charge in [-0.25, -0.2) is 0 Å². The van der Waals surface area contributed by atoms with E-state index in [1.54, 1.807) is 24.3 Å². The third-order valence-electron chi connectivity index (χ3n) is 7.49. The molecule has 0 atom stereocenters. The molecule has 6 aromatic rings. The minimum Gasteiger partial charge on any atom is -0.508 e. The van der Waals surface area contributed by atoms with Crippen LogP contribution in [-0.2, 0) is 0 Å². The van der Waals surface area contributed by atoms with E-state index in [9.17, 15) is 10.2 Å². The van der Waals surface area contributed by atoms with Crippen molar-refractivity contribution in [3.8, 4) is 11.5 Å². The van der Waals surface area contributed by atoms with Gasteiger partial charge in [0.15, 0.2) is 0 Å². The summed E-state index contributed by atoms with van der Waals surface area (Å²) < 4.78 is 0. The number of nitrogens with zero attached hydrogens (tertiary/aromatic N) is 1. The predicted octanol–water partition coefficient (Wildman–Crippen LogP) is 10.7. The Morgan fingerprint density at radius 2 is 0.689 bits per heavy atom. The van der Waals surface area contributed by atoms with Crippen LogP contribution in [0.1, 0.15) is 33.4 Å². The van der Waals surface area contributed by atoms with E-state index < -0.39 is 0 Å². The lowest BCUT2D eigenvalue weighted by Crippen LogP contribution is -2.10. The molecule has 0 saturated carbocycles. The fourth-order valence-electron chi connectivity index (χ4n) is 5.03. The maximum Gasteiger partial charge on any atom is 0.115 e. The first-order valence-corrected chi connectivity index (χ1v) is 14.9. The SMILES string of the molecule is Oc1ccc(C=Cc2ccc(N(C=C(c3ccccc3)c3ccccc3)c3ccc(C=Cc4ccc(O)cc4)cc3)cc2)cc1. The molecule has 6 aromatic carbocycles. The van der Waals surface area contributed by atoms with Crippen LogP contribution in [0, 0.1) is 0 Å². The summed E-state index contributed by atoms with van der Waals surface area (Å²) in [7, 11) is 0. The minimum atomic E-state index is 0.261. The van der Waals surface area contributed by atoms with Gasteiger partial charge >= 0.3 is 0 Å². The molecule has 0 amide bonds. The zero-order valence-corrected chi connectivity index (χ0v) is 24.7. The van der Waals surface area contributed by atoms with Crippen molar-refractivity contribution in [3.05, 3.63) is 197 Å².